The van der Waals surface area contributed by atoms with Crippen LogP contribution >= 0.6 is 0 Å². The van der Waals surface area contributed by atoms with Crippen LogP contribution in [0.4, 0.5) is 11.4 Å². The summed E-state index contributed by atoms with van der Waals surface area (Å²) in [4.78, 5) is 35.0. The van der Waals surface area contributed by atoms with E-state index in [9.17, 15) is 9.59 Å². The van der Waals surface area contributed by atoms with Gasteiger partial charge in [-0.25, -0.2) is 9.96 Å². The first-order valence-corrected chi connectivity index (χ1v) is 11.6. The Morgan fingerprint density at radius 1 is 0.735 bits per heavy atom. The lowest BCUT2D eigenvalue weighted by Crippen LogP contribution is -2.37. The van der Waals surface area contributed by atoms with E-state index in [1.54, 1.807) is 5.06 Å². The highest BCUT2D eigenvalue weighted by Gasteiger charge is 2.60. The summed E-state index contributed by atoms with van der Waals surface area (Å²) in [5.41, 5.74) is 3.53. The van der Waals surface area contributed by atoms with E-state index in [4.69, 9.17) is 4.84 Å². The monoisotopic (exact) mass is 448 g/mol. The molecule has 3 atom stereocenters. The smallest absolute Gasteiger partial charge is 0.266 e. The van der Waals surface area contributed by atoms with Crippen LogP contribution in [0.5, 0.6) is 0 Å². The first-order valence-electron chi connectivity index (χ1n) is 11.6. The number of aryl methyl sites for hydroxylation is 1. The van der Waals surface area contributed by atoms with Crippen molar-refractivity contribution in [1.82, 2.24) is 0 Å². The Morgan fingerprint density at radius 3 is 2.21 bits per heavy atom. The third-order valence-electron chi connectivity index (χ3n) is 6.87. The van der Waals surface area contributed by atoms with Gasteiger partial charge < -0.3 is 0 Å². The molecule has 0 aliphatic carbocycles. The maximum atomic E-state index is 13.8. The Balaban J connectivity index is 1.48. The Bertz CT molecular complexity index is 1380. The molecular weight excluding hydrogens is 424 g/mol. The molecule has 0 bridgehead atoms. The topological polar surface area (TPSA) is 49.9 Å². The van der Waals surface area contributed by atoms with Crippen molar-refractivity contribution in [2.24, 2.45) is 5.92 Å². The molecule has 0 unspecified atom stereocenters. The van der Waals surface area contributed by atoms with Gasteiger partial charge in [0.1, 0.15) is 5.92 Å². The van der Waals surface area contributed by atoms with E-state index < -0.39 is 18.1 Å². The molecule has 2 heterocycles. The molecule has 0 N–H and O–H groups in total. The molecule has 2 amide bonds. The van der Waals surface area contributed by atoms with Crippen molar-refractivity contribution < 1.29 is 14.4 Å². The van der Waals surface area contributed by atoms with E-state index in [0.717, 1.165) is 34.0 Å². The average Bonchev–Trinajstić information content (AvgIpc) is 3.40. The van der Waals surface area contributed by atoms with E-state index in [2.05, 4.69) is 25.1 Å². The third-order valence-corrected chi connectivity index (χ3v) is 6.87. The van der Waals surface area contributed by atoms with Gasteiger partial charge in [0.05, 0.1) is 17.4 Å². The van der Waals surface area contributed by atoms with Crippen molar-refractivity contribution in [2.75, 3.05) is 9.96 Å². The summed E-state index contributed by atoms with van der Waals surface area (Å²) in [7, 11) is 0. The first-order chi connectivity index (χ1) is 16.7. The highest BCUT2D eigenvalue weighted by Crippen LogP contribution is 2.48. The number of carbonyl (C=O) groups is 2. The van der Waals surface area contributed by atoms with Crippen molar-refractivity contribution in [3.8, 4) is 0 Å². The van der Waals surface area contributed by atoms with Gasteiger partial charge >= 0.3 is 0 Å². The van der Waals surface area contributed by atoms with Crippen LogP contribution in [0.25, 0.3) is 10.8 Å². The molecule has 2 aliphatic heterocycles. The number of hydrogen-bond donors (Lipinski definition) is 0. The summed E-state index contributed by atoms with van der Waals surface area (Å²) in [5.74, 6) is -1.19. The minimum Gasteiger partial charge on any atom is -0.273 e. The molecule has 2 fully saturated rings. The maximum absolute atomic E-state index is 13.8. The highest BCUT2D eigenvalue weighted by molar-refractivity contribution is 6.24. The molecule has 5 heteroatoms. The van der Waals surface area contributed by atoms with Gasteiger partial charge in [-0.3, -0.25) is 14.4 Å². The standard InChI is InChI=1S/C29H24N2O3/c1-2-19-15-17-21(18-16-19)30-28(32)25-26(24-14-8-10-20-9-6-7-13-23(20)24)31(34-27(25)29(30)33)22-11-4-3-5-12-22/h3-18,25-27H,2H2,1H3/t25-,26+,27-/m1/s1. The van der Waals surface area contributed by atoms with Gasteiger partial charge in [0.2, 0.25) is 5.91 Å². The number of nitrogens with zero attached hydrogens (tertiary/aromatic N) is 2. The summed E-state index contributed by atoms with van der Waals surface area (Å²) in [6.07, 6.45) is 0.0219. The van der Waals surface area contributed by atoms with Crippen LogP contribution in [0.15, 0.2) is 97.1 Å². The maximum Gasteiger partial charge on any atom is 0.266 e. The molecule has 6 rings (SSSR count). The van der Waals surface area contributed by atoms with Crippen molar-refractivity contribution in [3.63, 3.8) is 0 Å². The van der Waals surface area contributed by atoms with Gasteiger partial charge in [0, 0.05) is 0 Å². The molecule has 0 radical (unpaired) electrons. The number of carbonyl (C=O) groups excluding carboxylic acids is 2. The lowest BCUT2D eigenvalue weighted by molar-refractivity contribution is -0.126. The molecule has 34 heavy (non-hydrogen) atoms. The van der Waals surface area contributed by atoms with Gasteiger partial charge in [0.25, 0.3) is 5.91 Å². The van der Waals surface area contributed by atoms with Crippen LogP contribution in [0, 0.1) is 5.92 Å². The Morgan fingerprint density at radius 2 is 1.44 bits per heavy atom. The lowest BCUT2D eigenvalue weighted by atomic mass is 9.87. The molecule has 2 saturated heterocycles. The molecule has 2 aliphatic rings. The molecule has 168 valence electrons. The zero-order valence-corrected chi connectivity index (χ0v) is 18.8. The molecule has 0 aromatic heterocycles. The summed E-state index contributed by atoms with van der Waals surface area (Å²) in [6.45, 7) is 2.08. The number of imide groups is 1. The predicted octanol–water partition coefficient (Wildman–Crippen LogP) is 5.45. The van der Waals surface area contributed by atoms with E-state index in [1.807, 2.05) is 78.9 Å². The van der Waals surface area contributed by atoms with E-state index in [1.165, 1.54) is 4.90 Å². The third kappa shape index (κ3) is 3.12. The second kappa shape index (κ2) is 8.12. The predicted molar refractivity (Wildman–Crippen MR) is 132 cm³/mol. The van der Waals surface area contributed by atoms with Crippen LogP contribution in [-0.4, -0.2) is 17.9 Å². The summed E-state index contributed by atoms with van der Waals surface area (Å²) in [6, 6.07) is 31.1. The molecule has 4 aromatic rings. The molecule has 0 spiro atoms. The summed E-state index contributed by atoms with van der Waals surface area (Å²) in [5, 5.41) is 3.89. The number of para-hydroxylation sites is 1. The molecule has 4 aromatic carbocycles. The minimum absolute atomic E-state index is 0.226. The van der Waals surface area contributed by atoms with Crippen molar-refractivity contribution in [3.05, 3.63) is 108 Å². The second-order valence-electron chi connectivity index (χ2n) is 8.76. The van der Waals surface area contributed by atoms with Gasteiger partial charge in [-0.05, 0) is 52.6 Å². The average molecular weight is 449 g/mol. The molecule has 5 nitrogen and oxygen atoms in total. The Kier molecular flexibility index (Phi) is 4.93. The zero-order valence-electron chi connectivity index (χ0n) is 18.8. The Labute approximate surface area is 198 Å². The number of rotatable bonds is 4. The van der Waals surface area contributed by atoms with Gasteiger partial charge in [-0.15, -0.1) is 0 Å². The largest absolute Gasteiger partial charge is 0.273 e. The fourth-order valence-electron chi connectivity index (χ4n) is 5.17. The van der Waals surface area contributed by atoms with Crippen molar-refractivity contribution >= 4 is 34.0 Å². The van der Waals surface area contributed by atoms with Crippen LogP contribution in [0.3, 0.4) is 0 Å². The number of benzene rings is 4. The number of anilines is 2. The summed E-state index contributed by atoms with van der Waals surface area (Å²) < 4.78 is 0. The van der Waals surface area contributed by atoms with Crippen molar-refractivity contribution in [2.45, 2.75) is 25.5 Å². The molecular formula is C29H24N2O3. The number of fused-ring (bicyclic) bond motifs is 2. The first kappa shape index (κ1) is 20.6. The second-order valence-corrected chi connectivity index (χ2v) is 8.76. The summed E-state index contributed by atoms with van der Waals surface area (Å²) >= 11 is 0. The lowest BCUT2D eigenvalue weighted by Gasteiger charge is -2.29. The zero-order chi connectivity index (χ0) is 23.2. The number of hydroxylamine groups is 1. The quantitative estimate of drug-likeness (QED) is 0.390. The van der Waals surface area contributed by atoms with Gasteiger partial charge in [-0.1, -0.05) is 79.7 Å². The normalized spacial score (nSPS) is 22.0. The van der Waals surface area contributed by atoms with E-state index in [-0.39, 0.29) is 11.8 Å². The fraction of sp³-hybridized carbons (Fsp3) is 0.172. The van der Waals surface area contributed by atoms with Crippen LogP contribution in [0.1, 0.15) is 24.1 Å². The highest BCUT2D eigenvalue weighted by atomic mass is 16.7. The van der Waals surface area contributed by atoms with Crippen molar-refractivity contribution in [1.29, 1.82) is 0 Å². The fourth-order valence-corrected chi connectivity index (χ4v) is 5.17. The minimum atomic E-state index is -0.873. The number of hydrogen-bond acceptors (Lipinski definition) is 4. The van der Waals surface area contributed by atoms with Crippen LogP contribution in [0.2, 0.25) is 0 Å². The molecule has 0 saturated carbocycles. The van der Waals surface area contributed by atoms with Gasteiger partial charge in [0.15, 0.2) is 6.10 Å². The number of amides is 2. The SMILES string of the molecule is CCc1ccc(N2C(=O)[C@H]3[C@@H](ON(c4ccccc4)[C@H]3c3cccc4ccccc34)C2=O)cc1. The van der Waals surface area contributed by atoms with Crippen LogP contribution in [-0.2, 0) is 20.8 Å². The van der Waals surface area contributed by atoms with Gasteiger partial charge in [-0.2, -0.15) is 0 Å². The Hall–Kier alpha value is -3.96. The van der Waals surface area contributed by atoms with E-state index in [0.29, 0.717) is 5.69 Å². The van der Waals surface area contributed by atoms with Crippen LogP contribution < -0.4 is 9.96 Å². The van der Waals surface area contributed by atoms with E-state index >= 15 is 0 Å².